The quantitative estimate of drug-likeness (QED) is 0.231. The van der Waals surface area contributed by atoms with Crippen LogP contribution in [0.25, 0.3) is 15.9 Å². The van der Waals surface area contributed by atoms with Crippen LogP contribution in [0.4, 0.5) is 5.69 Å². The maximum Gasteiger partial charge on any atom is 0.267 e. The highest BCUT2D eigenvalue weighted by Gasteiger charge is 2.24. The minimum absolute atomic E-state index is 0.0924. The first-order valence-corrected chi connectivity index (χ1v) is 13.5. The minimum Gasteiger partial charge on any atom is -0.325 e. The number of rotatable bonds is 5. The molecule has 0 bridgehead atoms. The first-order chi connectivity index (χ1) is 16.4. The Labute approximate surface area is 215 Å². The largest absolute Gasteiger partial charge is 0.325 e. The standard InChI is InChI=1S/C25H21Cl2N3O2S2/c1-14-18(27)9-5-10-19(14)30-24(32)22-17-8-2-3-11-20(17)34-23(22)29-25(30)33-13-21(31)28-16-7-4-6-15(26)12-16/h4-7,9-10,12H,2-3,8,11,13H2,1H3,(H,28,31). The van der Waals surface area contributed by atoms with Crippen molar-refractivity contribution in [3.8, 4) is 5.69 Å². The maximum atomic E-state index is 13.9. The van der Waals surface area contributed by atoms with E-state index in [1.165, 1.54) is 16.6 Å². The Balaban J connectivity index is 1.56. The molecule has 1 aliphatic rings. The van der Waals surface area contributed by atoms with E-state index in [0.29, 0.717) is 32.0 Å². The third kappa shape index (κ3) is 4.50. The van der Waals surface area contributed by atoms with E-state index in [4.69, 9.17) is 28.2 Å². The van der Waals surface area contributed by atoms with E-state index in [2.05, 4.69) is 5.32 Å². The number of fused-ring (bicyclic) bond motifs is 3. The molecule has 5 rings (SSSR count). The van der Waals surface area contributed by atoms with Crippen molar-refractivity contribution in [2.75, 3.05) is 11.1 Å². The number of hydrogen-bond donors (Lipinski definition) is 1. The number of hydrogen-bond acceptors (Lipinski definition) is 5. The molecule has 5 nitrogen and oxygen atoms in total. The van der Waals surface area contributed by atoms with Gasteiger partial charge in [0.25, 0.3) is 5.56 Å². The number of aryl methyl sites for hydroxylation is 2. The second-order valence-corrected chi connectivity index (χ2v) is 11.0. The van der Waals surface area contributed by atoms with E-state index >= 15 is 0 Å². The van der Waals surface area contributed by atoms with Crippen molar-refractivity contribution in [1.82, 2.24) is 9.55 Å². The van der Waals surface area contributed by atoms with Crippen molar-refractivity contribution in [3.05, 3.63) is 78.9 Å². The van der Waals surface area contributed by atoms with Crippen molar-refractivity contribution in [1.29, 1.82) is 0 Å². The Hall–Kier alpha value is -2.32. The monoisotopic (exact) mass is 529 g/mol. The number of anilines is 1. The molecule has 4 aromatic rings. The fourth-order valence-electron chi connectivity index (χ4n) is 4.23. The molecule has 0 aliphatic heterocycles. The smallest absolute Gasteiger partial charge is 0.267 e. The van der Waals surface area contributed by atoms with Gasteiger partial charge < -0.3 is 5.32 Å². The number of aromatic nitrogens is 2. The van der Waals surface area contributed by atoms with Gasteiger partial charge in [0, 0.05) is 20.6 Å². The summed E-state index contributed by atoms with van der Waals surface area (Å²) >= 11 is 15.2. The molecular weight excluding hydrogens is 509 g/mol. The predicted octanol–water partition coefficient (Wildman–Crippen LogP) is 6.67. The molecule has 2 heterocycles. The lowest BCUT2D eigenvalue weighted by molar-refractivity contribution is -0.113. The zero-order chi connectivity index (χ0) is 23.8. The van der Waals surface area contributed by atoms with Crippen LogP contribution in [0.3, 0.4) is 0 Å². The molecule has 0 spiro atoms. The van der Waals surface area contributed by atoms with Gasteiger partial charge in [-0.3, -0.25) is 14.2 Å². The average Bonchev–Trinajstić information content (AvgIpc) is 3.19. The highest BCUT2D eigenvalue weighted by atomic mass is 35.5. The SMILES string of the molecule is Cc1c(Cl)cccc1-n1c(SCC(=O)Nc2cccc(Cl)c2)nc2sc3c(c2c1=O)CCCC3. The number of nitrogens with one attached hydrogen (secondary N) is 1. The molecule has 0 radical (unpaired) electrons. The van der Waals surface area contributed by atoms with Crippen LogP contribution in [0, 0.1) is 6.92 Å². The van der Waals surface area contributed by atoms with E-state index in [1.807, 2.05) is 19.1 Å². The molecule has 9 heteroatoms. The van der Waals surface area contributed by atoms with Gasteiger partial charge in [-0.05, 0) is 74.1 Å². The van der Waals surface area contributed by atoms with E-state index in [9.17, 15) is 9.59 Å². The van der Waals surface area contributed by atoms with Gasteiger partial charge in [-0.1, -0.05) is 47.1 Å². The van der Waals surface area contributed by atoms with Crippen molar-refractivity contribution < 1.29 is 4.79 Å². The summed E-state index contributed by atoms with van der Waals surface area (Å²) in [5, 5.41) is 5.14. The number of benzene rings is 2. The summed E-state index contributed by atoms with van der Waals surface area (Å²) in [7, 11) is 0. The lowest BCUT2D eigenvalue weighted by atomic mass is 9.97. The van der Waals surface area contributed by atoms with E-state index in [-0.39, 0.29) is 17.2 Å². The van der Waals surface area contributed by atoms with Crippen LogP contribution in [0.5, 0.6) is 0 Å². The van der Waals surface area contributed by atoms with Gasteiger partial charge in [0.05, 0.1) is 16.8 Å². The summed E-state index contributed by atoms with van der Waals surface area (Å²) in [5.74, 6) is -0.115. The highest BCUT2D eigenvalue weighted by molar-refractivity contribution is 7.99. The van der Waals surface area contributed by atoms with E-state index in [0.717, 1.165) is 41.6 Å². The van der Waals surface area contributed by atoms with Crippen molar-refractivity contribution in [3.63, 3.8) is 0 Å². The molecule has 34 heavy (non-hydrogen) atoms. The first-order valence-electron chi connectivity index (χ1n) is 10.9. The fraction of sp³-hybridized carbons (Fsp3) is 0.240. The maximum absolute atomic E-state index is 13.9. The lowest BCUT2D eigenvalue weighted by Gasteiger charge is -2.16. The van der Waals surface area contributed by atoms with Crippen LogP contribution in [0.2, 0.25) is 10.0 Å². The average molecular weight is 531 g/mol. The second-order valence-electron chi connectivity index (χ2n) is 8.16. The Morgan fingerprint density at radius 3 is 2.79 bits per heavy atom. The zero-order valence-electron chi connectivity index (χ0n) is 18.4. The Morgan fingerprint density at radius 1 is 1.18 bits per heavy atom. The Kier molecular flexibility index (Phi) is 6.71. The first kappa shape index (κ1) is 23.4. The number of nitrogens with zero attached hydrogens (tertiary/aromatic N) is 2. The number of carbonyl (C=O) groups is 1. The van der Waals surface area contributed by atoms with Gasteiger partial charge in [0.15, 0.2) is 5.16 Å². The number of amides is 1. The molecule has 2 aromatic carbocycles. The molecular formula is C25H21Cl2N3O2S2. The highest BCUT2D eigenvalue weighted by Crippen LogP contribution is 2.36. The Morgan fingerprint density at radius 2 is 1.97 bits per heavy atom. The predicted molar refractivity (Wildman–Crippen MR) is 142 cm³/mol. The summed E-state index contributed by atoms with van der Waals surface area (Å²) in [6.45, 7) is 1.89. The molecule has 2 aromatic heterocycles. The van der Waals surface area contributed by atoms with Crippen LogP contribution in [-0.2, 0) is 17.6 Å². The van der Waals surface area contributed by atoms with Gasteiger partial charge >= 0.3 is 0 Å². The third-order valence-electron chi connectivity index (χ3n) is 5.88. The summed E-state index contributed by atoms with van der Waals surface area (Å²) in [6.07, 6.45) is 4.09. The van der Waals surface area contributed by atoms with E-state index in [1.54, 1.807) is 46.2 Å². The van der Waals surface area contributed by atoms with E-state index < -0.39 is 0 Å². The number of thioether (sulfide) groups is 1. The van der Waals surface area contributed by atoms with Crippen molar-refractivity contribution in [2.24, 2.45) is 0 Å². The molecule has 0 unspecified atom stereocenters. The molecule has 0 saturated heterocycles. The minimum atomic E-state index is -0.207. The Bertz CT molecular complexity index is 1480. The molecule has 0 atom stereocenters. The number of carbonyl (C=O) groups excluding carboxylic acids is 1. The number of thiophene rings is 1. The lowest BCUT2D eigenvalue weighted by Crippen LogP contribution is -2.24. The zero-order valence-corrected chi connectivity index (χ0v) is 21.5. The van der Waals surface area contributed by atoms with Gasteiger partial charge in [-0.15, -0.1) is 11.3 Å². The summed E-state index contributed by atoms with van der Waals surface area (Å²) in [6, 6.07) is 12.5. The molecule has 0 saturated carbocycles. The summed E-state index contributed by atoms with van der Waals surface area (Å²) < 4.78 is 1.61. The topological polar surface area (TPSA) is 64.0 Å². The molecule has 1 aliphatic carbocycles. The second kappa shape index (κ2) is 9.74. The van der Waals surface area contributed by atoms with Crippen molar-refractivity contribution in [2.45, 2.75) is 37.8 Å². The third-order valence-corrected chi connectivity index (χ3v) is 8.65. The van der Waals surface area contributed by atoms with Crippen LogP contribution in [-0.4, -0.2) is 21.2 Å². The van der Waals surface area contributed by atoms with Gasteiger partial charge in [-0.25, -0.2) is 4.98 Å². The summed E-state index contributed by atoms with van der Waals surface area (Å²) in [5.41, 5.74) is 3.12. The van der Waals surface area contributed by atoms with Crippen LogP contribution in [0.1, 0.15) is 28.8 Å². The van der Waals surface area contributed by atoms with Crippen molar-refractivity contribution >= 4 is 68.1 Å². The normalized spacial score (nSPS) is 13.1. The van der Waals surface area contributed by atoms with Gasteiger partial charge in [0.1, 0.15) is 4.83 Å². The molecule has 174 valence electrons. The molecule has 1 amide bonds. The fourth-order valence-corrected chi connectivity index (χ4v) is 6.70. The molecule has 0 fully saturated rings. The van der Waals surface area contributed by atoms with Crippen LogP contribution in [0.15, 0.2) is 52.4 Å². The summed E-state index contributed by atoms with van der Waals surface area (Å²) in [4.78, 5) is 33.4. The van der Waals surface area contributed by atoms with Gasteiger partial charge in [-0.2, -0.15) is 0 Å². The molecule has 1 N–H and O–H groups in total. The van der Waals surface area contributed by atoms with Crippen LogP contribution >= 0.6 is 46.3 Å². The number of halogens is 2. The van der Waals surface area contributed by atoms with Crippen LogP contribution < -0.4 is 10.9 Å². The van der Waals surface area contributed by atoms with Gasteiger partial charge in [0.2, 0.25) is 5.91 Å².